The van der Waals surface area contributed by atoms with E-state index >= 15 is 0 Å². The van der Waals surface area contributed by atoms with Gasteiger partial charge in [0.2, 0.25) is 0 Å². The fourth-order valence-corrected chi connectivity index (χ4v) is 3.76. The molecule has 0 saturated heterocycles. The third kappa shape index (κ3) is 13.6. The molecule has 133 valence electrons. The predicted octanol–water partition coefficient (Wildman–Crippen LogP) is 5.95. The van der Waals surface area contributed by atoms with E-state index in [-0.39, 0.29) is 0 Å². The molecule has 0 fully saturated rings. The molecule has 1 unspecified atom stereocenters. The van der Waals surface area contributed by atoms with Crippen molar-refractivity contribution in [2.45, 2.75) is 109 Å². The molecule has 1 radical (unpaired) electrons. The molecule has 0 aromatic heterocycles. The summed E-state index contributed by atoms with van der Waals surface area (Å²) in [6.07, 6.45) is 18.1. The van der Waals surface area contributed by atoms with Gasteiger partial charge in [0, 0.05) is 0 Å². The first kappa shape index (κ1) is 21.9. The highest BCUT2D eigenvalue weighted by Crippen LogP contribution is 2.17. The monoisotopic (exact) mass is 333 g/mol. The lowest BCUT2D eigenvalue weighted by molar-refractivity contribution is 0.453. The van der Waals surface area contributed by atoms with Crippen LogP contribution in [-0.2, 0) is 10.1 Å². The van der Waals surface area contributed by atoms with E-state index in [0.29, 0.717) is 12.8 Å². The summed E-state index contributed by atoms with van der Waals surface area (Å²) < 4.78 is 31.5. The quantitative estimate of drug-likeness (QED) is 0.280. The second-order valence-corrected chi connectivity index (χ2v) is 8.16. The van der Waals surface area contributed by atoms with Gasteiger partial charge in [0.1, 0.15) is 0 Å². The molecule has 0 amide bonds. The van der Waals surface area contributed by atoms with E-state index in [1.54, 1.807) is 0 Å². The maximum Gasteiger partial charge on any atom is 0.267 e. The Kier molecular flexibility index (Phi) is 14.4. The van der Waals surface area contributed by atoms with Gasteiger partial charge in [-0.1, -0.05) is 90.9 Å². The first-order valence-electron chi connectivity index (χ1n) is 9.26. The van der Waals surface area contributed by atoms with Crippen LogP contribution in [0.5, 0.6) is 0 Å². The Hall–Kier alpha value is -0.0900. The molecule has 0 rings (SSSR count). The number of hydrogen-bond donors (Lipinski definition) is 1. The Labute approximate surface area is 139 Å². The van der Waals surface area contributed by atoms with Crippen LogP contribution in [0.1, 0.15) is 104 Å². The standard InChI is InChI=1S/C18H37O3S/c1-3-5-6-7-8-9-10-11-12-13-14-15-17-18(16-4-2)22(19,20)21/h4,18H,3,5-17H2,1-2H3,(H,19,20,21). The molecule has 4 heteroatoms. The average molecular weight is 334 g/mol. The lowest BCUT2D eigenvalue weighted by Crippen LogP contribution is -2.20. The molecule has 22 heavy (non-hydrogen) atoms. The van der Waals surface area contributed by atoms with Crippen LogP contribution in [0, 0.1) is 6.42 Å². The largest absolute Gasteiger partial charge is 0.285 e. The topological polar surface area (TPSA) is 54.4 Å². The Morgan fingerprint density at radius 2 is 1.23 bits per heavy atom. The molecule has 0 bridgehead atoms. The van der Waals surface area contributed by atoms with Gasteiger partial charge in [-0.3, -0.25) is 4.55 Å². The van der Waals surface area contributed by atoms with Crippen molar-refractivity contribution in [2.24, 2.45) is 0 Å². The van der Waals surface area contributed by atoms with Gasteiger partial charge in [-0.15, -0.1) is 0 Å². The van der Waals surface area contributed by atoms with Crippen molar-refractivity contribution in [2.75, 3.05) is 0 Å². The normalized spacial score (nSPS) is 13.4. The zero-order valence-corrected chi connectivity index (χ0v) is 15.5. The van der Waals surface area contributed by atoms with Crippen LogP contribution >= 0.6 is 0 Å². The Morgan fingerprint density at radius 1 is 0.818 bits per heavy atom. The summed E-state index contributed by atoms with van der Waals surface area (Å²) in [5.74, 6) is 0. The number of hydrogen-bond acceptors (Lipinski definition) is 2. The van der Waals surface area contributed by atoms with Crippen LogP contribution in [0.3, 0.4) is 0 Å². The van der Waals surface area contributed by atoms with E-state index in [1.807, 2.05) is 13.3 Å². The molecule has 0 aliphatic rings. The number of rotatable bonds is 16. The number of unbranched alkanes of at least 4 members (excludes halogenated alkanes) is 11. The summed E-state index contributed by atoms with van der Waals surface area (Å²) >= 11 is 0. The van der Waals surface area contributed by atoms with E-state index in [4.69, 9.17) is 4.55 Å². The molecule has 0 heterocycles. The highest BCUT2D eigenvalue weighted by Gasteiger charge is 2.21. The van der Waals surface area contributed by atoms with E-state index in [9.17, 15) is 8.42 Å². The first-order chi connectivity index (χ1) is 10.5. The molecule has 0 aliphatic carbocycles. The molecule has 3 nitrogen and oxygen atoms in total. The Bertz CT molecular complexity index is 325. The van der Waals surface area contributed by atoms with E-state index in [2.05, 4.69) is 6.92 Å². The smallest absolute Gasteiger partial charge is 0.267 e. The van der Waals surface area contributed by atoms with Crippen LogP contribution in [0.15, 0.2) is 0 Å². The molecular weight excluding hydrogens is 296 g/mol. The zero-order chi connectivity index (χ0) is 16.7. The molecule has 0 aliphatic heterocycles. The summed E-state index contributed by atoms with van der Waals surface area (Å²) in [5, 5.41) is -0.597. The van der Waals surface area contributed by atoms with E-state index < -0.39 is 15.4 Å². The summed E-state index contributed by atoms with van der Waals surface area (Å²) in [6, 6.07) is 0. The van der Waals surface area contributed by atoms with Crippen molar-refractivity contribution < 1.29 is 13.0 Å². The maximum absolute atomic E-state index is 11.2. The molecular formula is C18H37O3S. The van der Waals surface area contributed by atoms with Crippen LogP contribution in [0.4, 0.5) is 0 Å². The summed E-state index contributed by atoms with van der Waals surface area (Å²) in [6.45, 7) is 4.08. The van der Waals surface area contributed by atoms with Crippen molar-refractivity contribution in [1.82, 2.24) is 0 Å². The Balaban J connectivity index is 3.39. The van der Waals surface area contributed by atoms with Gasteiger partial charge in [-0.05, 0) is 19.3 Å². The van der Waals surface area contributed by atoms with Crippen molar-refractivity contribution in [3.63, 3.8) is 0 Å². The lowest BCUT2D eigenvalue weighted by Gasteiger charge is -2.12. The molecule has 0 saturated carbocycles. The fraction of sp³-hybridized carbons (Fsp3) is 0.944. The minimum Gasteiger partial charge on any atom is -0.285 e. The van der Waals surface area contributed by atoms with Gasteiger partial charge in [0.05, 0.1) is 5.25 Å². The van der Waals surface area contributed by atoms with Crippen molar-refractivity contribution in [3.05, 3.63) is 6.42 Å². The van der Waals surface area contributed by atoms with Crippen molar-refractivity contribution >= 4 is 10.1 Å². The van der Waals surface area contributed by atoms with Gasteiger partial charge in [-0.25, -0.2) is 0 Å². The average Bonchev–Trinajstić information content (AvgIpc) is 2.46. The van der Waals surface area contributed by atoms with Crippen molar-refractivity contribution in [1.29, 1.82) is 0 Å². The van der Waals surface area contributed by atoms with Crippen LogP contribution in [-0.4, -0.2) is 18.2 Å². The summed E-state index contributed by atoms with van der Waals surface area (Å²) in [7, 11) is -3.87. The van der Waals surface area contributed by atoms with Gasteiger partial charge in [-0.2, -0.15) is 8.42 Å². The maximum atomic E-state index is 11.2. The third-order valence-electron chi connectivity index (χ3n) is 4.30. The first-order valence-corrected chi connectivity index (χ1v) is 10.8. The van der Waals surface area contributed by atoms with Gasteiger partial charge >= 0.3 is 0 Å². The second kappa shape index (κ2) is 14.5. The third-order valence-corrected chi connectivity index (χ3v) is 5.57. The van der Waals surface area contributed by atoms with Crippen LogP contribution < -0.4 is 0 Å². The lowest BCUT2D eigenvalue weighted by atomic mass is 10.0. The Morgan fingerprint density at radius 3 is 1.59 bits per heavy atom. The van der Waals surface area contributed by atoms with Gasteiger partial charge < -0.3 is 0 Å². The van der Waals surface area contributed by atoms with Gasteiger partial charge in [0.25, 0.3) is 10.1 Å². The molecule has 1 atom stereocenters. The van der Waals surface area contributed by atoms with Crippen molar-refractivity contribution in [3.8, 4) is 0 Å². The van der Waals surface area contributed by atoms with E-state index in [1.165, 1.54) is 64.2 Å². The van der Waals surface area contributed by atoms with Crippen LogP contribution in [0.25, 0.3) is 0 Å². The molecule has 0 aromatic carbocycles. The summed E-state index contributed by atoms with van der Waals surface area (Å²) in [5.41, 5.74) is 0. The zero-order valence-electron chi connectivity index (χ0n) is 14.7. The second-order valence-electron chi connectivity index (χ2n) is 6.46. The minimum atomic E-state index is -3.87. The molecule has 0 spiro atoms. The van der Waals surface area contributed by atoms with Gasteiger partial charge in [0.15, 0.2) is 0 Å². The highest BCUT2D eigenvalue weighted by atomic mass is 32.2. The highest BCUT2D eigenvalue weighted by molar-refractivity contribution is 7.86. The predicted molar refractivity (Wildman–Crippen MR) is 95.6 cm³/mol. The molecule has 1 N–H and O–H groups in total. The molecule has 0 aromatic rings. The minimum absolute atomic E-state index is 0.455. The van der Waals surface area contributed by atoms with E-state index in [0.717, 1.165) is 12.8 Å². The fourth-order valence-electron chi connectivity index (χ4n) is 2.86. The summed E-state index contributed by atoms with van der Waals surface area (Å²) in [4.78, 5) is 0. The SMILES string of the molecule is C[CH]CC(CCCCCCCCCCCCCC)S(=O)(=O)O. The van der Waals surface area contributed by atoms with Crippen LogP contribution in [0.2, 0.25) is 0 Å².